The molecule has 0 spiro atoms. The Hall–Kier alpha value is -2.48. The van der Waals surface area contributed by atoms with Crippen molar-refractivity contribution >= 4 is 0 Å². The van der Waals surface area contributed by atoms with Gasteiger partial charge in [0.2, 0.25) is 11.4 Å². The molecule has 0 radical (unpaired) electrons. The zero-order valence-corrected chi connectivity index (χ0v) is 17.4. The van der Waals surface area contributed by atoms with Crippen LogP contribution in [0.25, 0.3) is 22.5 Å². The third-order valence-corrected chi connectivity index (χ3v) is 5.51. The van der Waals surface area contributed by atoms with Crippen molar-refractivity contribution in [2.45, 2.75) is 41.5 Å². The lowest BCUT2D eigenvalue weighted by Gasteiger charge is -2.16. The maximum absolute atomic E-state index is 2.33. The first kappa shape index (κ1) is 18.3. The van der Waals surface area contributed by atoms with Crippen molar-refractivity contribution in [3.63, 3.8) is 0 Å². The molecular formula is C24H30N2+2. The van der Waals surface area contributed by atoms with Gasteiger partial charge in [-0.15, -0.1) is 0 Å². The van der Waals surface area contributed by atoms with E-state index in [2.05, 4.69) is 101 Å². The predicted octanol–water partition coefficient (Wildman–Crippen LogP) is 4.52. The molecule has 0 unspecified atom stereocenters. The van der Waals surface area contributed by atoms with Crippen LogP contribution in [-0.4, -0.2) is 0 Å². The second-order valence-corrected chi connectivity index (χ2v) is 7.72. The SMILES string of the molecule is Cc1ccc(-c2c(C)cc(C)c(-c3cc(C)c(C)c[n+]3C)c2C)[n+](C)c1. The van der Waals surface area contributed by atoms with E-state index in [1.54, 1.807) is 0 Å². The minimum Gasteiger partial charge on any atom is -0.201 e. The molecule has 0 amide bonds. The molecule has 0 atom stereocenters. The number of benzene rings is 1. The third kappa shape index (κ3) is 3.05. The van der Waals surface area contributed by atoms with Gasteiger partial charge in [0, 0.05) is 23.3 Å². The van der Waals surface area contributed by atoms with Crippen LogP contribution in [0.15, 0.2) is 36.7 Å². The van der Waals surface area contributed by atoms with Crippen molar-refractivity contribution in [3.8, 4) is 22.5 Å². The summed E-state index contributed by atoms with van der Waals surface area (Å²) in [6.45, 7) is 13.2. The summed E-state index contributed by atoms with van der Waals surface area (Å²) in [6.07, 6.45) is 4.43. The predicted molar refractivity (Wildman–Crippen MR) is 108 cm³/mol. The van der Waals surface area contributed by atoms with Gasteiger partial charge in [-0.3, -0.25) is 0 Å². The standard InChI is InChI=1S/C24H30N2/c1-15-9-10-21(25(7)13-15)23-17(3)11-18(4)24(20(23)6)22-12-16(2)19(5)14-26(22)8/h9-14H,1-8H3/q+2. The van der Waals surface area contributed by atoms with Gasteiger partial charge in [0.25, 0.3) is 0 Å². The lowest BCUT2D eigenvalue weighted by Crippen LogP contribution is -2.33. The Morgan fingerprint density at radius 2 is 1.15 bits per heavy atom. The highest BCUT2D eigenvalue weighted by molar-refractivity contribution is 5.78. The monoisotopic (exact) mass is 346 g/mol. The van der Waals surface area contributed by atoms with Gasteiger partial charge in [0.1, 0.15) is 14.1 Å². The highest BCUT2D eigenvalue weighted by atomic mass is 14.9. The molecule has 1 aromatic carbocycles. The van der Waals surface area contributed by atoms with Crippen LogP contribution in [0, 0.1) is 41.5 Å². The average Bonchev–Trinajstić information content (AvgIpc) is 2.53. The first-order chi connectivity index (χ1) is 12.2. The molecule has 2 heterocycles. The fourth-order valence-corrected chi connectivity index (χ4v) is 4.11. The van der Waals surface area contributed by atoms with Crippen LogP contribution in [0.2, 0.25) is 0 Å². The average molecular weight is 347 g/mol. The summed E-state index contributed by atoms with van der Waals surface area (Å²) in [4.78, 5) is 0. The minimum atomic E-state index is 1.26. The molecular weight excluding hydrogens is 316 g/mol. The van der Waals surface area contributed by atoms with Gasteiger partial charge >= 0.3 is 0 Å². The summed E-state index contributed by atoms with van der Waals surface area (Å²) in [5.74, 6) is 0. The van der Waals surface area contributed by atoms with E-state index in [1.807, 2.05) is 0 Å². The van der Waals surface area contributed by atoms with Gasteiger partial charge in [-0.05, 0) is 69.9 Å². The van der Waals surface area contributed by atoms with Gasteiger partial charge in [0.05, 0.1) is 11.1 Å². The molecule has 26 heavy (non-hydrogen) atoms. The Kier molecular flexibility index (Phi) is 4.70. The van der Waals surface area contributed by atoms with Crippen LogP contribution >= 0.6 is 0 Å². The summed E-state index contributed by atoms with van der Waals surface area (Å²) < 4.78 is 4.50. The van der Waals surface area contributed by atoms with E-state index in [1.165, 1.54) is 55.9 Å². The van der Waals surface area contributed by atoms with Gasteiger partial charge in [-0.1, -0.05) is 6.07 Å². The molecule has 0 aliphatic rings. The maximum Gasteiger partial charge on any atom is 0.213 e. The van der Waals surface area contributed by atoms with E-state index in [4.69, 9.17) is 0 Å². The maximum atomic E-state index is 2.33. The largest absolute Gasteiger partial charge is 0.213 e. The number of nitrogens with zero attached hydrogens (tertiary/aromatic N) is 2. The fraction of sp³-hybridized carbons (Fsp3) is 0.333. The molecule has 134 valence electrons. The summed E-state index contributed by atoms with van der Waals surface area (Å²) in [6, 6.07) is 9.08. The van der Waals surface area contributed by atoms with Crippen molar-refractivity contribution in [3.05, 3.63) is 70.0 Å². The van der Waals surface area contributed by atoms with E-state index < -0.39 is 0 Å². The van der Waals surface area contributed by atoms with Gasteiger partial charge in [-0.25, -0.2) is 9.13 Å². The Bertz CT molecular complexity index is 1010. The van der Waals surface area contributed by atoms with Crippen LogP contribution in [0.4, 0.5) is 0 Å². The van der Waals surface area contributed by atoms with Gasteiger partial charge < -0.3 is 0 Å². The van der Waals surface area contributed by atoms with E-state index in [-0.39, 0.29) is 0 Å². The lowest BCUT2D eigenvalue weighted by atomic mass is 9.89. The molecule has 3 rings (SSSR count). The molecule has 2 nitrogen and oxygen atoms in total. The highest BCUT2D eigenvalue weighted by Gasteiger charge is 2.23. The number of aromatic nitrogens is 2. The highest BCUT2D eigenvalue weighted by Crippen LogP contribution is 2.35. The van der Waals surface area contributed by atoms with E-state index in [0.717, 1.165) is 0 Å². The van der Waals surface area contributed by atoms with Crippen LogP contribution in [0.3, 0.4) is 0 Å². The molecule has 0 N–H and O–H groups in total. The zero-order chi connectivity index (χ0) is 19.2. The summed E-state index contributed by atoms with van der Waals surface area (Å²) in [5.41, 5.74) is 13.2. The Balaban J connectivity index is 2.34. The van der Waals surface area contributed by atoms with Crippen molar-refractivity contribution in [1.82, 2.24) is 0 Å². The quantitative estimate of drug-likeness (QED) is 0.603. The zero-order valence-electron chi connectivity index (χ0n) is 17.4. The van der Waals surface area contributed by atoms with Crippen molar-refractivity contribution in [2.75, 3.05) is 0 Å². The summed E-state index contributed by atoms with van der Waals surface area (Å²) in [7, 11) is 4.28. The van der Waals surface area contributed by atoms with Crippen molar-refractivity contribution in [1.29, 1.82) is 0 Å². The molecule has 2 aromatic heterocycles. The number of aryl methyl sites for hydroxylation is 7. The molecule has 0 saturated heterocycles. The second kappa shape index (κ2) is 6.68. The molecule has 2 heteroatoms. The van der Waals surface area contributed by atoms with Crippen molar-refractivity contribution < 1.29 is 9.13 Å². The number of rotatable bonds is 2. The second-order valence-electron chi connectivity index (χ2n) is 7.72. The lowest BCUT2D eigenvalue weighted by molar-refractivity contribution is -0.661. The topological polar surface area (TPSA) is 7.76 Å². The Morgan fingerprint density at radius 1 is 0.577 bits per heavy atom. The Morgan fingerprint density at radius 3 is 1.77 bits per heavy atom. The third-order valence-electron chi connectivity index (χ3n) is 5.51. The van der Waals surface area contributed by atoms with E-state index in [9.17, 15) is 0 Å². The summed E-state index contributed by atoms with van der Waals surface area (Å²) >= 11 is 0. The van der Waals surface area contributed by atoms with Crippen LogP contribution < -0.4 is 9.13 Å². The molecule has 0 aliphatic heterocycles. The van der Waals surface area contributed by atoms with Crippen LogP contribution in [0.1, 0.15) is 33.4 Å². The Labute approximate surface area is 157 Å². The van der Waals surface area contributed by atoms with Crippen LogP contribution in [-0.2, 0) is 14.1 Å². The number of pyridine rings is 2. The molecule has 0 aliphatic carbocycles. The fourth-order valence-electron chi connectivity index (χ4n) is 4.11. The van der Waals surface area contributed by atoms with E-state index in [0.29, 0.717) is 0 Å². The molecule has 0 fully saturated rings. The number of hydrogen-bond donors (Lipinski definition) is 0. The van der Waals surface area contributed by atoms with E-state index >= 15 is 0 Å². The smallest absolute Gasteiger partial charge is 0.201 e. The van der Waals surface area contributed by atoms with Crippen LogP contribution in [0.5, 0.6) is 0 Å². The minimum absolute atomic E-state index is 1.26. The first-order valence-corrected chi connectivity index (χ1v) is 9.25. The first-order valence-electron chi connectivity index (χ1n) is 9.25. The normalized spacial score (nSPS) is 11.1. The molecule has 3 aromatic rings. The van der Waals surface area contributed by atoms with Crippen molar-refractivity contribution in [2.24, 2.45) is 14.1 Å². The summed E-state index contributed by atoms with van der Waals surface area (Å²) in [5, 5.41) is 0. The van der Waals surface area contributed by atoms with Gasteiger partial charge in [-0.2, -0.15) is 0 Å². The van der Waals surface area contributed by atoms with Gasteiger partial charge in [0.15, 0.2) is 12.4 Å². The molecule has 0 bridgehead atoms. The number of hydrogen-bond acceptors (Lipinski definition) is 0. The molecule has 0 saturated carbocycles.